The highest BCUT2D eigenvalue weighted by molar-refractivity contribution is 7.92. The molecule has 0 bridgehead atoms. The number of hydrogen-bond donors (Lipinski definition) is 2. The van der Waals surface area contributed by atoms with Crippen LogP contribution in [0.3, 0.4) is 0 Å². The lowest BCUT2D eigenvalue weighted by Crippen LogP contribution is -2.36. The smallest absolute Gasteiger partial charge is 0.263 e. The third-order valence-electron chi connectivity index (χ3n) is 6.37. The van der Waals surface area contributed by atoms with Crippen LogP contribution < -0.4 is 29.1 Å². The predicted octanol–water partition coefficient (Wildman–Crippen LogP) is 3.95. The number of anilines is 4. The van der Waals surface area contributed by atoms with Crippen molar-refractivity contribution in [2.75, 3.05) is 62.6 Å². The molecule has 0 unspecified atom stereocenters. The Kier molecular flexibility index (Phi) is 8.36. The first-order valence-corrected chi connectivity index (χ1v) is 14.2. The molecule has 1 aliphatic rings. The van der Waals surface area contributed by atoms with Crippen molar-refractivity contribution in [3.05, 3.63) is 67.1 Å². The Balaban J connectivity index is 1.28. The zero-order valence-corrected chi connectivity index (χ0v) is 23.6. The molecular weight excluding hydrogens is 548 g/mol. The van der Waals surface area contributed by atoms with Gasteiger partial charge in [-0.05, 0) is 24.3 Å². The number of aromatic nitrogens is 3. The van der Waals surface area contributed by atoms with Crippen molar-refractivity contribution in [1.82, 2.24) is 15.0 Å². The lowest BCUT2D eigenvalue weighted by atomic mass is 10.1. The fraction of sp³-hybridized carbons (Fsp3) is 0.250. The number of benzene rings is 2. The zero-order valence-electron chi connectivity index (χ0n) is 22.8. The summed E-state index contributed by atoms with van der Waals surface area (Å²) in [6.45, 7) is 2.69. The van der Waals surface area contributed by atoms with Crippen molar-refractivity contribution >= 4 is 33.0 Å². The van der Waals surface area contributed by atoms with Gasteiger partial charge in [0.05, 0.1) is 52.6 Å². The van der Waals surface area contributed by atoms with Crippen molar-refractivity contribution < 1.29 is 27.4 Å². The maximum Gasteiger partial charge on any atom is 0.263 e. The molecule has 0 spiro atoms. The van der Waals surface area contributed by atoms with E-state index in [4.69, 9.17) is 18.9 Å². The van der Waals surface area contributed by atoms with E-state index in [0.29, 0.717) is 53.3 Å². The van der Waals surface area contributed by atoms with Crippen molar-refractivity contribution in [1.29, 1.82) is 0 Å². The van der Waals surface area contributed by atoms with E-state index in [1.54, 1.807) is 82.3 Å². The summed E-state index contributed by atoms with van der Waals surface area (Å²) in [6.07, 6.45) is 4.58. The molecule has 4 aromatic rings. The minimum absolute atomic E-state index is 0.0787. The molecule has 0 atom stereocenters. The normalized spacial score (nSPS) is 13.4. The largest absolute Gasteiger partial charge is 0.493 e. The predicted molar refractivity (Wildman–Crippen MR) is 155 cm³/mol. The van der Waals surface area contributed by atoms with Crippen molar-refractivity contribution in [2.45, 2.75) is 4.90 Å². The number of methoxy groups -OCH3 is 3. The van der Waals surface area contributed by atoms with Gasteiger partial charge in [-0.1, -0.05) is 12.1 Å². The van der Waals surface area contributed by atoms with E-state index in [1.165, 1.54) is 6.20 Å². The van der Waals surface area contributed by atoms with Gasteiger partial charge in [0, 0.05) is 48.4 Å². The van der Waals surface area contributed by atoms with Crippen molar-refractivity contribution in [2.24, 2.45) is 0 Å². The van der Waals surface area contributed by atoms with Crippen LogP contribution in [-0.2, 0) is 14.8 Å². The molecule has 1 aliphatic heterocycles. The number of nitrogens with one attached hydrogen (secondary N) is 2. The highest BCUT2D eigenvalue weighted by Crippen LogP contribution is 2.40. The Morgan fingerprint density at radius 3 is 2.17 bits per heavy atom. The van der Waals surface area contributed by atoms with Gasteiger partial charge in [0.15, 0.2) is 11.5 Å². The fourth-order valence-corrected chi connectivity index (χ4v) is 5.30. The molecule has 214 valence electrons. The lowest BCUT2D eigenvalue weighted by Gasteiger charge is -2.27. The van der Waals surface area contributed by atoms with E-state index in [9.17, 15) is 8.42 Å². The second kappa shape index (κ2) is 12.3. The van der Waals surface area contributed by atoms with Gasteiger partial charge in [-0.15, -0.1) is 0 Å². The van der Waals surface area contributed by atoms with Crippen molar-refractivity contribution in [3.63, 3.8) is 0 Å². The lowest BCUT2D eigenvalue weighted by molar-refractivity contribution is 0.122. The van der Waals surface area contributed by atoms with Gasteiger partial charge >= 0.3 is 0 Å². The van der Waals surface area contributed by atoms with Gasteiger partial charge < -0.3 is 29.2 Å². The molecule has 2 aromatic carbocycles. The van der Waals surface area contributed by atoms with Gasteiger partial charge in [0.1, 0.15) is 16.5 Å². The Morgan fingerprint density at radius 2 is 1.56 bits per heavy atom. The van der Waals surface area contributed by atoms with E-state index in [-0.39, 0.29) is 4.90 Å². The van der Waals surface area contributed by atoms with Gasteiger partial charge in [0.2, 0.25) is 5.75 Å². The van der Waals surface area contributed by atoms with Crippen LogP contribution in [0.4, 0.5) is 23.0 Å². The van der Waals surface area contributed by atoms with Crippen LogP contribution in [0, 0.1) is 0 Å². The zero-order chi connectivity index (χ0) is 28.8. The van der Waals surface area contributed by atoms with Crippen molar-refractivity contribution in [3.8, 4) is 28.5 Å². The average Bonchev–Trinajstić information content (AvgIpc) is 3.01. The summed E-state index contributed by atoms with van der Waals surface area (Å²) < 4.78 is 50.1. The Labute approximate surface area is 238 Å². The van der Waals surface area contributed by atoms with Gasteiger partial charge in [-0.3, -0.25) is 9.71 Å². The van der Waals surface area contributed by atoms with E-state index in [0.717, 1.165) is 24.5 Å². The number of ether oxygens (including phenoxy) is 4. The number of hydrogen-bond acceptors (Lipinski definition) is 11. The minimum Gasteiger partial charge on any atom is -0.493 e. The average molecular weight is 579 g/mol. The van der Waals surface area contributed by atoms with E-state index in [1.807, 2.05) is 0 Å². The molecule has 3 heterocycles. The molecule has 1 saturated heterocycles. The van der Waals surface area contributed by atoms with E-state index >= 15 is 0 Å². The van der Waals surface area contributed by atoms with Crippen LogP contribution in [0.5, 0.6) is 17.2 Å². The quantitative estimate of drug-likeness (QED) is 0.283. The first-order valence-electron chi connectivity index (χ1n) is 12.7. The second-order valence-electron chi connectivity index (χ2n) is 8.96. The van der Waals surface area contributed by atoms with Crippen LogP contribution in [0.15, 0.2) is 72.0 Å². The molecule has 2 aromatic heterocycles. The number of pyridine rings is 1. The second-order valence-corrected chi connectivity index (χ2v) is 10.6. The van der Waals surface area contributed by atoms with E-state index in [2.05, 4.69) is 29.9 Å². The highest BCUT2D eigenvalue weighted by Gasteiger charge is 2.18. The minimum atomic E-state index is -3.82. The molecule has 13 heteroatoms. The summed E-state index contributed by atoms with van der Waals surface area (Å²) >= 11 is 0. The first-order chi connectivity index (χ1) is 19.9. The SMILES string of the molecule is COc1cc(Nc2cncc(-c3ccc(NS(=O)(=O)c4ccc(N5CCOCC5)nc4)cc3)n2)cc(OC)c1OC. The molecule has 1 fully saturated rings. The molecule has 41 heavy (non-hydrogen) atoms. The van der Waals surface area contributed by atoms with Gasteiger partial charge in [-0.2, -0.15) is 0 Å². The number of morpholine rings is 1. The van der Waals surface area contributed by atoms with Gasteiger partial charge in [0.25, 0.3) is 10.0 Å². The molecule has 0 amide bonds. The monoisotopic (exact) mass is 578 g/mol. The van der Waals surface area contributed by atoms with E-state index < -0.39 is 10.0 Å². The Hall–Kier alpha value is -4.62. The van der Waals surface area contributed by atoms with Gasteiger partial charge in [-0.25, -0.2) is 18.4 Å². The number of rotatable bonds is 10. The Morgan fingerprint density at radius 1 is 0.854 bits per heavy atom. The third-order valence-corrected chi connectivity index (χ3v) is 7.74. The third kappa shape index (κ3) is 6.42. The van der Waals surface area contributed by atoms with Crippen LogP contribution in [0.25, 0.3) is 11.3 Å². The number of nitrogens with zero attached hydrogens (tertiary/aromatic N) is 4. The molecular formula is C28H30N6O6S. The topological polar surface area (TPSA) is 137 Å². The Bertz CT molecular complexity index is 1570. The molecule has 0 saturated carbocycles. The first kappa shape index (κ1) is 27.9. The standard InChI is InChI=1S/C28H30N6O6S/c1-37-24-14-21(15-25(38-2)28(24)39-3)31-26-18-29-17-23(32-26)19-4-6-20(7-5-19)33-41(35,36)22-8-9-27(30-16-22)34-10-12-40-13-11-34/h4-9,14-18,33H,10-13H2,1-3H3,(H,31,32). The van der Waals surface area contributed by atoms with Crippen LogP contribution in [0.2, 0.25) is 0 Å². The summed E-state index contributed by atoms with van der Waals surface area (Å²) in [5, 5.41) is 3.20. The summed E-state index contributed by atoms with van der Waals surface area (Å²) in [5.41, 5.74) is 2.43. The molecule has 2 N–H and O–H groups in total. The maximum atomic E-state index is 13.0. The summed E-state index contributed by atoms with van der Waals surface area (Å²) in [7, 11) is 0.814. The van der Waals surface area contributed by atoms with Crippen LogP contribution in [-0.4, -0.2) is 71.0 Å². The van der Waals surface area contributed by atoms with Crippen LogP contribution in [0.1, 0.15) is 0 Å². The fourth-order valence-electron chi connectivity index (χ4n) is 4.30. The van der Waals surface area contributed by atoms with Crippen LogP contribution >= 0.6 is 0 Å². The molecule has 0 aliphatic carbocycles. The molecule has 5 rings (SSSR count). The summed E-state index contributed by atoms with van der Waals surface area (Å²) in [4.78, 5) is 15.4. The molecule has 0 radical (unpaired) electrons. The summed E-state index contributed by atoms with van der Waals surface area (Å²) in [5.74, 6) is 2.70. The highest BCUT2D eigenvalue weighted by atomic mass is 32.2. The number of sulfonamides is 1. The summed E-state index contributed by atoms with van der Waals surface area (Å²) in [6, 6.07) is 13.7. The maximum absolute atomic E-state index is 13.0. The molecule has 12 nitrogen and oxygen atoms in total.